The van der Waals surface area contributed by atoms with E-state index in [-0.39, 0.29) is 16.8 Å². The molecule has 3 N–H and O–H groups in total. The molecule has 0 radical (unpaired) electrons. The van der Waals surface area contributed by atoms with Gasteiger partial charge in [-0.2, -0.15) is 0 Å². The molecule has 0 unspecified atom stereocenters. The molecule has 0 aliphatic heterocycles. The largest absolute Gasteiger partial charge is 0.465 e. The predicted molar refractivity (Wildman–Crippen MR) is 147 cm³/mol. The molecule has 4 aliphatic carbocycles. The molecule has 5 nitrogen and oxygen atoms in total. The van der Waals surface area contributed by atoms with Gasteiger partial charge in [0.2, 0.25) is 0 Å². The highest BCUT2D eigenvalue weighted by Crippen LogP contribution is 2.69. The Morgan fingerprint density at radius 2 is 1.95 bits per heavy atom. The zero-order valence-electron chi connectivity index (χ0n) is 23.3. The van der Waals surface area contributed by atoms with Gasteiger partial charge in [0.05, 0.1) is 30.3 Å². The molecule has 4 fully saturated rings. The summed E-state index contributed by atoms with van der Waals surface area (Å²) in [4.78, 5) is 12.5. The van der Waals surface area contributed by atoms with Crippen LogP contribution in [0.2, 0.25) is 0 Å². The van der Waals surface area contributed by atoms with Gasteiger partial charge in [0.1, 0.15) is 0 Å². The Balaban J connectivity index is 1.49. The second-order valence-corrected chi connectivity index (χ2v) is 13.0. The molecule has 0 saturated heterocycles. The molecule has 0 aromatic rings. The molecule has 37 heavy (non-hydrogen) atoms. The van der Waals surface area contributed by atoms with Crippen LogP contribution >= 0.6 is 0 Å². The van der Waals surface area contributed by atoms with E-state index in [1.807, 2.05) is 13.0 Å². The number of hydrogen-bond acceptors (Lipinski definition) is 5. The summed E-state index contributed by atoms with van der Waals surface area (Å²) in [6, 6.07) is 0. The third kappa shape index (κ3) is 5.55. The van der Waals surface area contributed by atoms with Crippen molar-refractivity contribution in [2.75, 3.05) is 6.61 Å². The van der Waals surface area contributed by atoms with Crippen LogP contribution in [-0.2, 0) is 9.53 Å². The van der Waals surface area contributed by atoms with Crippen molar-refractivity contribution in [3.8, 4) is 0 Å². The van der Waals surface area contributed by atoms with E-state index < -0.39 is 23.7 Å². The summed E-state index contributed by atoms with van der Waals surface area (Å²) in [5.41, 5.74) is 2.56. The maximum Gasteiger partial charge on any atom is 0.314 e. The second kappa shape index (κ2) is 10.8. The molecular formula is C32H48O5. The Bertz CT molecular complexity index is 968. The van der Waals surface area contributed by atoms with Crippen molar-refractivity contribution in [1.29, 1.82) is 0 Å². The smallest absolute Gasteiger partial charge is 0.314 e. The topological polar surface area (TPSA) is 87.0 Å². The predicted octanol–water partition coefficient (Wildman–Crippen LogP) is 5.80. The lowest BCUT2D eigenvalue weighted by Gasteiger charge is -2.45. The maximum atomic E-state index is 12.5. The van der Waals surface area contributed by atoms with Crippen LogP contribution < -0.4 is 0 Å². The van der Waals surface area contributed by atoms with Gasteiger partial charge in [-0.1, -0.05) is 50.3 Å². The van der Waals surface area contributed by atoms with Crippen LogP contribution in [-0.4, -0.2) is 46.2 Å². The minimum Gasteiger partial charge on any atom is -0.465 e. The first-order chi connectivity index (χ1) is 17.4. The molecule has 6 atom stereocenters. The van der Waals surface area contributed by atoms with Gasteiger partial charge in [0, 0.05) is 6.42 Å². The third-order valence-electron chi connectivity index (χ3n) is 10.1. The summed E-state index contributed by atoms with van der Waals surface area (Å²) < 4.78 is 5.33. The number of aliphatic hydroxyl groups excluding tert-OH is 3. The van der Waals surface area contributed by atoms with E-state index in [0.717, 1.165) is 36.8 Å². The number of allylic oxidation sites excluding steroid dienone is 4. The molecule has 4 saturated carbocycles. The molecule has 4 rings (SSSR count). The van der Waals surface area contributed by atoms with E-state index in [0.29, 0.717) is 31.3 Å². The molecule has 0 spiro atoms. The van der Waals surface area contributed by atoms with E-state index in [9.17, 15) is 20.1 Å². The highest BCUT2D eigenvalue weighted by molar-refractivity contribution is 5.77. The fraction of sp³-hybridized carbons (Fsp3) is 0.719. The first-order valence-corrected chi connectivity index (χ1v) is 14.4. The third-order valence-corrected chi connectivity index (χ3v) is 10.1. The summed E-state index contributed by atoms with van der Waals surface area (Å²) in [7, 11) is 0. The second-order valence-electron chi connectivity index (χ2n) is 13.0. The van der Waals surface area contributed by atoms with Crippen molar-refractivity contribution in [3.63, 3.8) is 0 Å². The van der Waals surface area contributed by atoms with Crippen LogP contribution in [0.1, 0.15) is 91.9 Å². The number of hydrogen-bond donors (Lipinski definition) is 3. The number of esters is 1. The lowest BCUT2D eigenvalue weighted by atomic mass is 9.60. The van der Waals surface area contributed by atoms with Gasteiger partial charge in [0.15, 0.2) is 0 Å². The van der Waals surface area contributed by atoms with Gasteiger partial charge < -0.3 is 20.1 Å². The number of carbonyl (C=O) groups is 1. The monoisotopic (exact) mass is 512 g/mol. The number of aliphatic hydroxyl groups is 3. The first-order valence-electron chi connectivity index (χ1n) is 14.4. The average molecular weight is 513 g/mol. The minimum atomic E-state index is -0.970. The molecule has 0 amide bonds. The van der Waals surface area contributed by atoms with Crippen molar-refractivity contribution in [3.05, 3.63) is 47.6 Å². The van der Waals surface area contributed by atoms with Crippen LogP contribution in [0.3, 0.4) is 0 Å². The van der Waals surface area contributed by atoms with Crippen LogP contribution in [0, 0.1) is 28.1 Å². The summed E-state index contributed by atoms with van der Waals surface area (Å²) in [6.07, 6.45) is 16.3. The SMILES string of the molecule is C=C1C(=CC=C2CCC[C@]3(C)[C@@H](C4(C=C[C@@H](O)C(C)(C)C(=O)OCCC)CC4)CC[C@@H]23)C[C@@H](O)C[C@@H]1O. The summed E-state index contributed by atoms with van der Waals surface area (Å²) in [5, 5.41) is 31.3. The van der Waals surface area contributed by atoms with Crippen molar-refractivity contribution in [2.24, 2.45) is 28.1 Å². The zero-order chi connectivity index (χ0) is 27.0. The van der Waals surface area contributed by atoms with E-state index >= 15 is 0 Å². The lowest BCUT2D eigenvalue weighted by Crippen LogP contribution is -2.38. The fourth-order valence-electron chi connectivity index (χ4n) is 7.45. The average Bonchev–Trinajstić information content (AvgIpc) is 3.55. The Kier molecular flexibility index (Phi) is 8.28. The van der Waals surface area contributed by atoms with Gasteiger partial charge in [-0.3, -0.25) is 4.79 Å². The lowest BCUT2D eigenvalue weighted by molar-refractivity contribution is -0.158. The normalized spacial score (nSPS) is 36.7. The first kappa shape index (κ1) is 28.3. The Morgan fingerprint density at radius 1 is 1.22 bits per heavy atom. The minimum absolute atomic E-state index is 0.112. The summed E-state index contributed by atoms with van der Waals surface area (Å²) in [6.45, 7) is 12.4. The summed E-state index contributed by atoms with van der Waals surface area (Å²) >= 11 is 0. The quantitative estimate of drug-likeness (QED) is 0.282. The van der Waals surface area contributed by atoms with Crippen LogP contribution in [0.5, 0.6) is 0 Å². The van der Waals surface area contributed by atoms with Gasteiger partial charge >= 0.3 is 5.97 Å². The molecule has 0 aromatic heterocycles. The Labute approximate surface area is 223 Å². The molecule has 4 aliphatic rings. The van der Waals surface area contributed by atoms with E-state index in [2.05, 4.69) is 31.7 Å². The van der Waals surface area contributed by atoms with Crippen molar-refractivity contribution in [1.82, 2.24) is 0 Å². The van der Waals surface area contributed by atoms with Crippen LogP contribution in [0.25, 0.3) is 0 Å². The van der Waals surface area contributed by atoms with Gasteiger partial charge in [-0.25, -0.2) is 0 Å². The molecule has 0 aromatic carbocycles. The molecule has 206 valence electrons. The number of carbonyl (C=O) groups excluding carboxylic acids is 1. The van der Waals surface area contributed by atoms with E-state index in [1.54, 1.807) is 13.8 Å². The summed E-state index contributed by atoms with van der Waals surface area (Å²) in [5.74, 6) is 0.750. The standard InChI is InChI=1S/C32H48O5/c1-6-18-37-29(36)30(3,4)28(35)13-15-32(16-17-32)27-12-11-25-22(8-7-14-31(25,27)5)9-10-23-19-24(33)20-26(34)21(23)2/h9-10,13,15,24-28,33-35H,2,6-8,11-12,14,16-20H2,1,3-5H3/t24-,25+,26+,27+,28-,31+/m1/s1. The van der Waals surface area contributed by atoms with Crippen molar-refractivity contribution in [2.45, 2.75) is 110 Å². The van der Waals surface area contributed by atoms with Gasteiger partial charge in [0.25, 0.3) is 0 Å². The van der Waals surface area contributed by atoms with E-state index in [1.165, 1.54) is 31.3 Å². The van der Waals surface area contributed by atoms with Gasteiger partial charge in [-0.15, -0.1) is 0 Å². The maximum absolute atomic E-state index is 12.5. The molecule has 5 heteroatoms. The number of fused-ring (bicyclic) bond motifs is 1. The molecular weight excluding hydrogens is 464 g/mol. The number of ether oxygens (including phenoxy) is 1. The van der Waals surface area contributed by atoms with Crippen LogP contribution in [0.15, 0.2) is 47.6 Å². The van der Waals surface area contributed by atoms with E-state index in [4.69, 9.17) is 4.74 Å². The van der Waals surface area contributed by atoms with Crippen molar-refractivity contribution < 1.29 is 24.9 Å². The fourth-order valence-corrected chi connectivity index (χ4v) is 7.45. The highest BCUT2D eigenvalue weighted by atomic mass is 16.5. The van der Waals surface area contributed by atoms with Crippen molar-refractivity contribution >= 4 is 5.97 Å². The van der Waals surface area contributed by atoms with Gasteiger partial charge in [-0.05, 0) is 105 Å². The highest BCUT2D eigenvalue weighted by Gasteiger charge is 2.60. The Hall–Kier alpha value is -1.69. The Morgan fingerprint density at radius 3 is 2.62 bits per heavy atom. The number of rotatable bonds is 8. The molecule has 0 heterocycles. The zero-order valence-corrected chi connectivity index (χ0v) is 23.3. The molecule has 0 bridgehead atoms. The van der Waals surface area contributed by atoms with Crippen LogP contribution in [0.4, 0.5) is 0 Å².